The molecule has 0 fully saturated rings. The Kier molecular flexibility index (Phi) is 12.2. The van der Waals surface area contributed by atoms with E-state index in [-0.39, 0.29) is 11.9 Å². The number of nitrogens with zero attached hydrogens (tertiary/aromatic N) is 1. The lowest BCUT2D eigenvalue weighted by molar-refractivity contribution is -0.140. The lowest BCUT2D eigenvalue weighted by atomic mass is 10.0. The Morgan fingerprint density at radius 3 is 1.95 bits per heavy atom. The van der Waals surface area contributed by atoms with E-state index in [9.17, 15) is 9.59 Å². The fourth-order valence-electron chi connectivity index (χ4n) is 1.14. The second-order valence-corrected chi connectivity index (χ2v) is 4.64. The van der Waals surface area contributed by atoms with E-state index in [1.807, 2.05) is 13.8 Å². The lowest BCUT2D eigenvalue weighted by Gasteiger charge is -2.11. The first-order valence-corrected chi connectivity index (χ1v) is 6.65. The molecule has 0 heterocycles. The molecular formula is C12H27N5O4. The molecule has 9 heteroatoms. The molecule has 0 spiro atoms. The molecule has 0 unspecified atom stereocenters. The maximum atomic E-state index is 10.2. The third-order valence-corrected chi connectivity index (χ3v) is 2.83. The highest BCUT2D eigenvalue weighted by molar-refractivity contribution is 5.75. The number of hydrogen-bond acceptors (Lipinski definition) is 5. The van der Waals surface area contributed by atoms with E-state index in [0.29, 0.717) is 19.4 Å². The molecule has 0 radical (unpaired) electrons. The summed E-state index contributed by atoms with van der Waals surface area (Å²) in [4.78, 5) is 24.1. The third kappa shape index (κ3) is 12.9. The molecule has 0 aromatic rings. The highest BCUT2D eigenvalue weighted by atomic mass is 16.4. The number of nitrogens with two attached hydrogens (primary N) is 4. The van der Waals surface area contributed by atoms with Crippen LogP contribution in [0.5, 0.6) is 0 Å². The molecule has 0 aromatic heterocycles. The summed E-state index contributed by atoms with van der Waals surface area (Å²) in [5.74, 6) is -1.83. The number of carbonyl (C=O) groups is 2. The molecule has 0 aliphatic rings. The maximum Gasteiger partial charge on any atom is 0.320 e. The van der Waals surface area contributed by atoms with Crippen molar-refractivity contribution in [2.75, 3.05) is 6.54 Å². The Hall–Kier alpha value is -1.87. The van der Waals surface area contributed by atoms with Gasteiger partial charge in [0.2, 0.25) is 0 Å². The third-order valence-electron chi connectivity index (χ3n) is 2.83. The predicted octanol–water partition coefficient (Wildman–Crippen LogP) is -1.10. The summed E-state index contributed by atoms with van der Waals surface area (Å²) in [7, 11) is 0. The van der Waals surface area contributed by atoms with Crippen molar-refractivity contribution < 1.29 is 19.8 Å². The second-order valence-electron chi connectivity index (χ2n) is 4.64. The van der Waals surface area contributed by atoms with E-state index >= 15 is 0 Å². The van der Waals surface area contributed by atoms with E-state index in [1.165, 1.54) is 0 Å². The van der Waals surface area contributed by atoms with E-state index < -0.39 is 24.0 Å². The minimum atomic E-state index is -1.00. The van der Waals surface area contributed by atoms with Crippen LogP contribution in [-0.4, -0.2) is 46.7 Å². The fraction of sp³-hybridized carbons (Fsp3) is 0.750. The van der Waals surface area contributed by atoms with Crippen LogP contribution in [0.1, 0.15) is 33.1 Å². The molecule has 21 heavy (non-hydrogen) atoms. The minimum absolute atomic E-state index is 0.0129. The van der Waals surface area contributed by atoms with Crippen LogP contribution in [-0.2, 0) is 9.59 Å². The molecule has 124 valence electrons. The van der Waals surface area contributed by atoms with Gasteiger partial charge in [0.05, 0.1) is 0 Å². The fourth-order valence-corrected chi connectivity index (χ4v) is 1.14. The van der Waals surface area contributed by atoms with E-state index in [1.54, 1.807) is 0 Å². The number of carboxylic acid groups (broad SMARTS) is 2. The van der Waals surface area contributed by atoms with Crippen molar-refractivity contribution in [3.63, 3.8) is 0 Å². The monoisotopic (exact) mass is 305 g/mol. The zero-order chi connectivity index (χ0) is 17.0. The molecule has 0 aromatic carbocycles. The summed E-state index contributed by atoms with van der Waals surface area (Å²) >= 11 is 0. The van der Waals surface area contributed by atoms with Gasteiger partial charge in [0.15, 0.2) is 5.96 Å². The summed E-state index contributed by atoms with van der Waals surface area (Å²) in [6.07, 6.45) is 1.77. The number of carboxylic acids is 2. The largest absolute Gasteiger partial charge is 0.480 e. The Balaban J connectivity index is 0. The summed E-state index contributed by atoms with van der Waals surface area (Å²) in [5.41, 5.74) is 20.6. The van der Waals surface area contributed by atoms with Crippen molar-refractivity contribution in [1.82, 2.24) is 0 Å². The highest BCUT2D eigenvalue weighted by Gasteiger charge is 2.17. The number of aliphatic imine (C=N–C) groups is 1. The molecule has 0 rings (SSSR count). The molecule has 10 N–H and O–H groups in total. The van der Waals surface area contributed by atoms with Gasteiger partial charge in [-0.3, -0.25) is 14.6 Å². The van der Waals surface area contributed by atoms with E-state index in [2.05, 4.69) is 4.99 Å². The summed E-state index contributed by atoms with van der Waals surface area (Å²) in [5, 5.41) is 16.7. The molecule has 0 saturated carbocycles. The van der Waals surface area contributed by atoms with Gasteiger partial charge in [-0.25, -0.2) is 0 Å². The van der Waals surface area contributed by atoms with Gasteiger partial charge < -0.3 is 33.1 Å². The summed E-state index contributed by atoms with van der Waals surface area (Å²) < 4.78 is 0. The average Bonchev–Trinajstić information content (AvgIpc) is 2.41. The number of aliphatic carboxylic acids is 2. The summed E-state index contributed by atoms with van der Waals surface area (Å²) in [6.45, 7) is 4.18. The Labute approximate surface area is 124 Å². The van der Waals surface area contributed by atoms with E-state index in [4.69, 9.17) is 33.1 Å². The summed E-state index contributed by atoms with van der Waals surface area (Å²) in [6, 6.07) is -1.52. The van der Waals surface area contributed by atoms with Gasteiger partial charge >= 0.3 is 11.9 Å². The second kappa shape index (κ2) is 11.9. The van der Waals surface area contributed by atoms with Crippen LogP contribution in [0.15, 0.2) is 4.99 Å². The molecule has 3 atom stereocenters. The zero-order valence-corrected chi connectivity index (χ0v) is 12.5. The van der Waals surface area contributed by atoms with Crippen LogP contribution in [0.25, 0.3) is 0 Å². The van der Waals surface area contributed by atoms with Gasteiger partial charge in [-0.2, -0.15) is 0 Å². The number of guanidine groups is 1. The molecular weight excluding hydrogens is 278 g/mol. The van der Waals surface area contributed by atoms with Crippen molar-refractivity contribution in [3.05, 3.63) is 0 Å². The van der Waals surface area contributed by atoms with Gasteiger partial charge in [0.25, 0.3) is 0 Å². The first-order valence-electron chi connectivity index (χ1n) is 6.65. The normalized spacial score (nSPS) is 14.1. The minimum Gasteiger partial charge on any atom is -0.480 e. The van der Waals surface area contributed by atoms with Gasteiger partial charge in [0, 0.05) is 6.54 Å². The SMILES string of the molecule is CC[C@H](C)[C@H](N)C(=O)O.NC(N)=NCCC[C@@H](N)C(=O)O. The quantitative estimate of drug-likeness (QED) is 0.185. The predicted molar refractivity (Wildman–Crippen MR) is 80.6 cm³/mol. The molecule has 0 saturated heterocycles. The maximum absolute atomic E-state index is 10.2. The Bertz CT molecular complexity index is 345. The smallest absolute Gasteiger partial charge is 0.320 e. The van der Waals surface area contributed by atoms with Crippen molar-refractivity contribution in [3.8, 4) is 0 Å². The Morgan fingerprint density at radius 1 is 1.14 bits per heavy atom. The standard InChI is InChI=1S/C6H14N4O2.C6H13NO2/c7-4(5(11)12)2-1-3-10-6(8)9;1-3-4(2)5(7)6(8)9/h4H,1-3,7H2,(H,11,12)(H4,8,9,10);4-5H,3,7H2,1-2H3,(H,8,9)/t4-;4-,5-/m10/s1. The molecule has 9 nitrogen and oxygen atoms in total. The molecule has 0 bridgehead atoms. The number of rotatable bonds is 8. The van der Waals surface area contributed by atoms with Crippen LogP contribution in [0.4, 0.5) is 0 Å². The van der Waals surface area contributed by atoms with Gasteiger partial charge in [-0.15, -0.1) is 0 Å². The van der Waals surface area contributed by atoms with Gasteiger partial charge in [0.1, 0.15) is 12.1 Å². The highest BCUT2D eigenvalue weighted by Crippen LogP contribution is 2.04. The molecule has 0 aliphatic carbocycles. The average molecular weight is 305 g/mol. The first-order chi connectivity index (χ1) is 9.63. The molecule has 0 amide bonds. The lowest BCUT2D eigenvalue weighted by Crippen LogP contribution is -2.36. The van der Waals surface area contributed by atoms with Crippen molar-refractivity contribution in [2.24, 2.45) is 33.8 Å². The molecule has 0 aliphatic heterocycles. The van der Waals surface area contributed by atoms with Crippen molar-refractivity contribution in [2.45, 2.75) is 45.2 Å². The number of hydrogen-bond donors (Lipinski definition) is 6. The topological polar surface area (TPSA) is 191 Å². The van der Waals surface area contributed by atoms with Gasteiger partial charge in [-0.1, -0.05) is 20.3 Å². The van der Waals surface area contributed by atoms with E-state index in [0.717, 1.165) is 6.42 Å². The van der Waals surface area contributed by atoms with Crippen molar-refractivity contribution in [1.29, 1.82) is 0 Å². The first kappa shape index (κ1) is 21.4. The zero-order valence-electron chi connectivity index (χ0n) is 12.5. The van der Waals surface area contributed by atoms with Crippen LogP contribution in [0, 0.1) is 5.92 Å². The van der Waals surface area contributed by atoms with Crippen LogP contribution < -0.4 is 22.9 Å². The van der Waals surface area contributed by atoms with Crippen LogP contribution in [0.3, 0.4) is 0 Å². The Morgan fingerprint density at radius 2 is 1.67 bits per heavy atom. The van der Waals surface area contributed by atoms with Crippen LogP contribution >= 0.6 is 0 Å². The van der Waals surface area contributed by atoms with Crippen LogP contribution in [0.2, 0.25) is 0 Å². The van der Waals surface area contributed by atoms with Gasteiger partial charge in [-0.05, 0) is 18.8 Å². The van der Waals surface area contributed by atoms with Crippen molar-refractivity contribution >= 4 is 17.9 Å².